The number of ketones is 1. The smallest absolute Gasteiger partial charge is 0.176 e. The minimum absolute atomic E-state index is 0.00977. The van der Waals surface area contributed by atoms with E-state index in [2.05, 4.69) is 9.97 Å². The van der Waals surface area contributed by atoms with Gasteiger partial charge in [-0.05, 0) is 6.07 Å². The second-order valence-corrected chi connectivity index (χ2v) is 3.89. The van der Waals surface area contributed by atoms with Crippen LogP contribution >= 0.6 is 0 Å². The predicted molar refractivity (Wildman–Crippen MR) is 61.0 cm³/mol. The topological polar surface area (TPSA) is 52.1 Å². The molecule has 1 aliphatic heterocycles. The van der Waals surface area contributed by atoms with Crippen molar-refractivity contribution >= 4 is 5.78 Å². The first kappa shape index (κ1) is 9.96. The third-order valence-electron chi connectivity index (χ3n) is 2.86. The molecule has 0 aliphatic carbocycles. The standard InChI is InChI=1S/C13H10N2O2/c16-13(9-5-14-8-15-6-9)11-7-17-12-4-2-1-3-10(11)12/h1-6,8,11H,7H2. The lowest BCUT2D eigenvalue weighted by Crippen LogP contribution is -2.14. The molecule has 1 unspecified atom stereocenters. The van der Waals surface area contributed by atoms with Crippen molar-refractivity contribution < 1.29 is 9.53 Å². The molecule has 0 saturated heterocycles. The van der Waals surface area contributed by atoms with Gasteiger partial charge in [0, 0.05) is 18.0 Å². The highest BCUT2D eigenvalue weighted by atomic mass is 16.5. The Morgan fingerprint density at radius 1 is 1.24 bits per heavy atom. The largest absolute Gasteiger partial charge is 0.492 e. The summed E-state index contributed by atoms with van der Waals surface area (Å²) >= 11 is 0. The maximum Gasteiger partial charge on any atom is 0.176 e. The summed E-state index contributed by atoms with van der Waals surface area (Å²) in [6.45, 7) is 0.396. The molecule has 4 heteroatoms. The highest BCUT2D eigenvalue weighted by molar-refractivity contribution is 6.01. The van der Waals surface area contributed by atoms with Crippen LogP contribution < -0.4 is 4.74 Å². The molecule has 2 aromatic rings. The van der Waals surface area contributed by atoms with Crippen LogP contribution in [0, 0.1) is 0 Å². The van der Waals surface area contributed by atoms with Crippen molar-refractivity contribution in [3.63, 3.8) is 0 Å². The minimum Gasteiger partial charge on any atom is -0.492 e. The summed E-state index contributed by atoms with van der Waals surface area (Å²) in [5.74, 6) is 0.565. The van der Waals surface area contributed by atoms with Crippen LogP contribution in [0.25, 0.3) is 0 Å². The summed E-state index contributed by atoms with van der Waals surface area (Å²) in [4.78, 5) is 20.0. The van der Waals surface area contributed by atoms with Gasteiger partial charge in [-0.3, -0.25) is 4.79 Å². The normalized spacial score (nSPS) is 17.3. The van der Waals surface area contributed by atoms with E-state index in [9.17, 15) is 4.79 Å². The molecule has 0 saturated carbocycles. The number of rotatable bonds is 2. The van der Waals surface area contributed by atoms with Crippen LogP contribution in [0.3, 0.4) is 0 Å². The number of para-hydroxylation sites is 1. The van der Waals surface area contributed by atoms with E-state index in [4.69, 9.17) is 4.74 Å². The van der Waals surface area contributed by atoms with E-state index in [1.807, 2.05) is 24.3 Å². The molecule has 1 aromatic carbocycles. The highest BCUT2D eigenvalue weighted by Crippen LogP contribution is 2.35. The van der Waals surface area contributed by atoms with Crippen LogP contribution in [0.2, 0.25) is 0 Å². The summed E-state index contributed by atoms with van der Waals surface area (Å²) in [5.41, 5.74) is 1.47. The van der Waals surface area contributed by atoms with Gasteiger partial charge >= 0.3 is 0 Å². The third kappa shape index (κ3) is 1.67. The molecule has 0 radical (unpaired) electrons. The molecule has 1 atom stereocenters. The van der Waals surface area contributed by atoms with Crippen LogP contribution in [0.5, 0.6) is 5.75 Å². The number of carbonyl (C=O) groups excluding carboxylic acids is 1. The Balaban J connectivity index is 1.95. The lowest BCUT2D eigenvalue weighted by molar-refractivity contribution is 0.0946. The highest BCUT2D eigenvalue weighted by Gasteiger charge is 2.30. The van der Waals surface area contributed by atoms with Crippen LogP contribution in [-0.2, 0) is 0 Å². The maximum atomic E-state index is 12.2. The van der Waals surface area contributed by atoms with Crippen molar-refractivity contribution in [2.75, 3.05) is 6.61 Å². The van der Waals surface area contributed by atoms with Crippen molar-refractivity contribution in [3.05, 3.63) is 54.1 Å². The van der Waals surface area contributed by atoms with E-state index in [0.717, 1.165) is 11.3 Å². The molecular formula is C13H10N2O2. The number of hydrogen-bond donors (Lipinski definition) is 0. The Bertz CT molecular complexity index is 554. The molecule has 0 amide bonds. The fourth-order valence-electron chi connectivity index (χ4n) is 2.01. The summed E-state index contributed by atoms with van der Waals surface area (Å²) in [6.07, 6.45) is 4.49. The van der Waals surface area contributed by atoms with E-state index in [1.165, 1.54) is 18.7 Å². The molecule has 84 valence electrons. The molecule has 1 aromatic heterocycles. The monoisotopic (exact) mass is 226 g/mol. The summed E-state index contributed by atoms with van der Waals surface area (Å²) in [5, 5.41) is 0. The minimum atomic E-state index is -0.239. The third-order valence-corrected chi connectivity index (χ3v) is 2.86. The number of Topliss-reactive ketones (excluding diaryl/α,β-unsaturated/α-hetero) is 1. The number of benzene rings is 1. The Labute approximate surface area is 98.3 Å². The molecule has 4 nitrogen and oxygen atoms in total. The van der Waals surface area contributed by atoms with Gasteiger partial charge in [-0.15, -0.1) is 0 Å². The van der Waals surface area contributed by atoms with Gasteiger partial charge in [0.2, 0.25) is 0 Å². The number of ether oxygens (including phenoxy) is 1. The van der Waals surface area contributed by atoms with Gasteiger partial charge in [0.05, 0.1) is 11.5 Å². The van der Waals surface area contributed by atoms with Gasteiger partial charge in [-0.1, -0.05) is 18.2 Å². The zero-order chi connectivity index (χ0) is 11.7. The lowest BCUT2D eigenvalue weighted by atomic mass is 9.94. The molecule has 0 spiro atoms. The average Bonchev–Trinajstić information content (AvgIpc) is 2.83. The van der Waals surface area contributed by atoms with Crippen molar-refractivity contribution in [1.82, 2.24) is 9.97 Å². The van der Waals surface area contributed by atoms with Gasteiger partial charge < -0.3 is 4.74 Å². The fourth-order valence-corrected chi connectivity index (χ4v) is 2.01. The molecule has 0 N–H and O–H groups in total. The number of aromatic nitrogens is 2. The van der Waals surface area contributed by atoms with Crippen LogP contribution in [0.15, 0.2) is 43.0 Å². The van der Waals surface area contributed by atoms with E-state index >= 15 is 0 Å². The number of nitrogens with zero attached hydrogens (tertiary/aromatic N) is 2. The first-order valence-electron chi connectivity index (χ1n) is 5.37. The van der Waals surface area contributed by atoms with Crippen molar-refractivity contribution in [3.8, 4) is 5.75 Å². The van der Waals surface area contributed by atoms with Gasteiger partial charge in [0.25, 0.3) is 0 Å². The van der Waals surface area contributed by atoms with Crippen LogP contribution in [0.4, 0.5) is 0 Å². The predicted octanol–water partition coefficient (Wildman–Crippen LogP) is 1.84. The Hall–Kier alpha value is -2.23. The molecule has 2 heterocycles. The SMILES string of the molecule is O=C(c1cncnc1)C1COc2ccccc21. The van der Waals surface area contributed by atoms with Gasteiger partial charge in [0.15, 0.2) is 5.78 Å². The molecule has 1 aliphatic rings. The Kier molecular flexibility index (Phi) is 2.33. The first-order valence-corrected chi connectivity index (χ1v) is 5.37. The zero-order valence-electron chi connectivity index (χ0n) is 9.04. The Morgan fingerprint density at radius 2 is 2.00 bits per heavy atom. The summed E-state index contributed by atoms with van der Waals surface area (Å²) < 4.78 is 5.49. The zero-order valence-corrected chi connectivity index (χ0v) is 9.04. The van der Waals surface area contributed by atoms with E-state index in [0.29, 0.717) is 12.2 Å². The van der Waals surface area contributed by atoms with Crippen LogP contribution in [0.1, 0.15) is 21.8 Å². The molecule has 0 bridgehead atoms. The fraction of sp³-hybridized carbons (Fsp3) is 0.154. The number of fused-ring (bicyclic) bond motifs is 1. The van der Waals surface area contributed by atoms with Crippen molar-refractivity contribution in [2.45, 2.75) is 5.92 Å². The second kappa shape index (κ2) is 3.97. The van der Waals surface area contributed by atoms with Gasteiger partial charge in [-0.2, -0.15) is 0 Å². The van der Waals surface area contributed by atoms with Crippen LogP contribution in [-0.4, -0.2) is 22.4 Å². The first-order chi connectivity index (χ1) is 8.36. The number of carbonyl (C=O) groups is 1. The van der Waals surface area contributed by atoms with Crippen molar-refractivity contribution in [1.29, 1.82) is 0 Å². The maximum absolute atomic E-state index is 12.2. The molecule has 0 fully saturated rings. The molecular weight excluding hydrogens is 216 g/mol. The number of hydrogen-bond acceptors (Lipinski definition) is 4. The van der Waals surface area contributed by atoms with E-state index in [1.54, 1.807) is 0 Å². The summed E-state index contributed by atoms with van der Waals surface area (Å²) in [6, 6.07) is 7.62. The van der Waals surface area contributed by atoms with E-state index in [-0.39, 0.29) is 11.7 Å². The Morgan fingerprint density at radius 3 is 2.82 bits per heavy atom. The second-order valence-electron chi connectivity index (χ2n) is 3.89. The quantitative estimate of drug-likeness (QED) is 0.733. The van der Waals surface area contributed by atoms with Gasteiger partial charge in [-0.25, -0.2) is 9.97 Å². The van der Waals surface area contributed by atoms with E-state index < -0.39 is 0 Å². The van der Waals surface area contributed by atoms with Crippen molar-refractivity contribution in [2.24, 2.45) is 0 Å². The molecule has 3 rings (SSSR count). The molecule has 17 heavy (non-hydrogen) atoms. The van der Waals surface area contributed by atoms with Gasteiger partial charge in [0.1, 0.15) is 18.7 Å². The average molecular weight is 226 g/mol. The summed E-state index contributed by atoms with van der Waals surface area (Å²) in [7, 11) is 0. The lowest BCUT2D eigenvalue weighted by Gasteiger charge is -2.06.